The Morgan fingerprint density at radius 2 is 2.09 bits per heavy atom. The number of pyridine rings is 1. The predicted octanol–water partition coefficient (Wildman–Crippen LogP) is 3.69. The number of H-pyrrole nitrogens is 1. The molecule has 5 nitrogen and oxygen atoms in total. The van der Waals surface area contributed by atoms with E-state index in [9.17, 15) is 4.79 Å². The second kappa shape index (κ2) is 6.66. The summed E-state index contributed by atoms with van der Waals surface area (Å²) in [5.74, 6) is 0.139. The fraction of sp³-hybridized carbons (Fsp3) is 0.235. The molecule has 0 saturated heterocycles. The number of carbonyl (C=O) groups excluding carboxylic acids is 1. The molecule has 0 aliphatic carbocycles. The van der Waals surface area contributed by atoms with E-state index in [4.69, 9.17) is 0 Å². The third kappa shape index (κ3) is 3.36. The largest absolute Gasteiger partial charge is 0.343 e. The molecule has 1 amide bonds. The molecule has 6 heteroatoms. The number of benzene rings is 1. The first-order valence-electron chi connectivity index (χ1n) is 7.41. The van der Waals surface area contributed by atoms with Crippen molar-refractivity contribution in [1.82, 2.24) is 20.5 Å². The molecule has 3 aromatic rings. The minimum Gasteiger partial charge on any atom is -0.343 e. The van der Waals surface area contributed by atoms with Gasteiger partial charge in [-0.05, 0) is 58.8 Å². The Morgan fingerprint density at radius 1 is 1.26 bits per heavy atom. The highest BCUT2D eigenvalue weighted by atomic mass is 127. The van der Waals surface area contributed by atoms with Crippen molar-refractivity contribution in [2.24, 2.45) is 5.92 Å². The lowest BCUT2D eigenvalue weighted by Crippen LogP contribution is -2.32. The van der Waals surface area contributed by atoms with Crippen LogP contribution in [0.4, 0.5) is 0 Å². The zero-order valence-corrected chi connectivity index (χ0v) is 15.0. The van der Waals surface area contributed by atoms with Crippen molar-refractivity contribution in [3.8, 4) is 0 Å². The molecule has 0 fully saturated rings. The SMILES string of the molecule is CC(C)C(NC(=O)c1ccc2[nH]nc(I)c2c1)c1ccccn1. The van der Waals surface area contributed by atoms with E-state index in [0.29, 0.717) is 5.56 Å². The van der Waals surface area contributed by atoms with Gasteiger partial charge >= 0.3 is 0 Å². The van der Waals surface area contributed by atoms with Crippen LogP contribution >= 0.6 is 22.6 Å². The number of halogens is 1. The van der Waals surface area contributed by atoms with Crippen LogP contribution in [0.1, 0.15) is 35.9 Å². The molecule has 23 heavy (non-hydrogen) atoms. The average molecular weight is 420 g/mol. The van der Waals surface area contributed by atoms with Gasteiger partial charge in [0.1, 0.15) is 3.70 Å². The summed E-state index contributed by atoms with van der Waals surface area (Å²) < 4.78 is 0.859. The normalized spacial score (nSPS) is 12.5. The third-order valence-corrected chi connectivity index (χ3v) is 4.56. The van der Waals surface area contributed by atoms with Gasteiger partial charge in [-0.3, -0.25) is 14.9 Å². The van der Waals surface area contributed by atoms with E-state index in [-0.39, 0.29) is 17.9 Å². The zero-order chi connectivity index (χ0) is 16.4. The van der Waals surface area contributed by atoms with Crippen molar-refractivity contribution in [3.05, 3.63) is 57.6 Å². The smallest absolute Gasteiger partial charge is 0.251 e. The van der Waals surface area contributed by atoms with Crippen LogP contribution < -0.4 is 5.32 Å². The molecule has 2 aromatic heterocycles. The first kappa shape index (κ1) is 15.9. The van der Waals surface area contributed by atoms with Gasteiger partial charge in [-0.2, -0.15) is 5.10 Å². The van der Waals surface area contributed by atoms with Crippen LogP contribution in [0, 0.1) is 9.62 Å². The maximum atomic E-state index is 12.6. The van der Waals surface area contributed by atoms with Gasteiger partial charge in [0.25, 0.3) is 5.91 Å². The topological polar surface area (TPSA) is 70.7 Å². The molecule has 1 atom stereocenters. The van der Waals surface area contributed by atoms with Gasteiger partial charge < -0.3 is 5.32 Å². The molecule has 0 saturated carbocycles. The molecule has 0 aliphatic rings. The lowest BCUT2D eigenvalue weighted by Gasteiger charge is -2.22. The summed E-state index contributed by atoms with van der Waals surface area (Å²) in [7, 11) is 0. The second-order valence-electron chi connectivity index (χ2n) is 5.72. The van der Waals surface area contributed by atoms with E-state index in [1.54, 1.807) is 6.20 Å². The number of aromatic nitrogens is 3. The average Bonchev–Trinajstić information content (AvgIpc) is 2.93. The monoisotopic (exact) mass is 420 g/mol. The van der Waals surface area contributed by atoms with Crippen LogP contribution in [0.5, 0.6) is 0 Å². The summed E-state index contributed by atoms with van der Waals surface area (Å²) in [4.78, 5) is 17.0. The molecule has 118 valence electrons. The maximum absolute atomic E-state index is 12.6. The molecule has 2 heterocycles. The van der Waals surface area contributed by atoms with Gasteiger partial charge in [-0.1, -0.05) is 19.9 Å². The van der Waals surface area contributed by atoms with Crippen molar-refractivity contribution in [1.29, 1.82) is 0 Å². The lowest BCUT2D eigenvalue weighted by molar-refractivity contribution is 0.0924. The predicted molar refractivity (Wildman–Crippen MR) is 98.1 cm³/mol. The van der Waals surface area contributed by atoms with E-state index in [2.05, 4.69) is 56.9 Å². The summed E-state index contributed by atoms with van der Waals surface area (Å²) in [5, 5.41) is 11.1. The van der Waals surface area contributed by atoms with Crippen LogP contribution in [0.2, 0.25) is 0 Å². The number of carbonyl (C=O) groups is 1. The molecule has 0 radical (unpaired) electrons. The number of aromatic amines is 1. The van der Waals surface area contributed by atoms with Gasteiger partial charge in [-0.15, -0.1) is 0 Å². The van der Waals surface area contributed by atoms with Gasteiger partial charge in [0.15, 0.2) is 0 Å². The standard InChI is InChI=1S/C17H17IN4O/c1-10(2)15(14-5-3-4-8-19-14)20-17(23)11-6-7-13-12(9-11)16(18)22-21-13/h3-10,15H,1-2H3,(H,20,23)(H,21,22). The highest BCUT2D eigenvalue weighted by molar-refractivity contribution is 14.1. The Bertz CT molecular complexity index is 829. The van der Waals surface area contributed by atoms with E-state index >= 15 is 0 Å². The minimum atomic E-state index is -0.122. The fourth-order valence-corrected chi connectivity index (χ4v) is 3.06. The van der Waals surface area contributed by atoms with Crippen LogP contribution in [-0.2, 0) is 0 Å². The highest BCUT2D eigenvalue weighted by Gasteiger charge is 2.20. The third-order valence-electron chi connectivity index (χ3n) is 3.74. The minimum absolute atomic E-state index is 0.103. The van der Waals surface area contributed by atoms with Crippen LogP contribution in [0.3, 0.4) is 0 Å². The quantitative estimate of drug-likeness (QED) is 0.633. The zero-order valence-electron chi connectivity index (χ0n) is 12.9. The van der Waals surface area contributed by atoms with Crippen LogP contribution in [0.25, 0.3) is 10.9 Å². The van der Waals surface area contributed by atoms with E-state index in [0.717, 1.165) is 20.3 Å². The summed E-state index contributed by atoms with van der Waals surface area (Å²) in [5.41, 5.74) is 2.42. The van der Waals surface area contributed by atoms with Crippen molar-refractivity contribution >= 4 is 39.4 Å². The van der Waals surface area contributed by atoms with E-state index in [1.807, 2.05) is 36.4 Å². The first-order valence-corrected chi connectivity index (χ1v) is 8.49. The highest BCUT2D eigenvalue weighted by Crippen LogP contribution is 2.22. The van der Waals surface area contributed by atoms with E-state index < -0.39 is 0 Å². The first-order chi connectivity index (χ1) is 11.1. The van der Waals surface area contributed by atoms with Crippen LogP contribution in [-0.4, -0.2) is 21.1 Å². The Kier molecular flexibility index (Phi) is 4.61. The number of rotatable bonds is 4. The molecule has 1 unspecified atom stereocenters. The van der Waals surface area contributed by atoms with Crippen molar-refractivity contribution < 1.29 is 4.79 Å². The molecule has 0 spiro atoms. The molecule has 2 N–H and O–H groups in total. The summed E-state index contributed by atoms with van der Waals surface area (Å²) >= 11 is 2.15. The summed E-state index contributed by atoms with van der Waals surface area (Å²) in [6.07, 6.45) is 1.75. The molecule has 0 aliphatic heterocycles. The number of nitrogens with one attached hydrogen (secondary N) is 2. The Balaban J connectivity index is 1.87. The number of fused-ring (bicyclic) bond motifs is 1. The summed E-state index contributed by atoms with van der Waals surface area (Å²) in [6.45, 7) is 4.14. The molecule has 1 aromatic carbocycles. The molecular formula is C17H17IN4O. The number of nitrogens with zero attached hydrogens (tertiary/aromatic N) is 2. The van der Waals surface area contributed by atoms with Crippen molar-refractivity contribution in [2.75, 3.05) is 0 Å². The van der Waals surface area contributed by atoms with Gasteiger partial charge in [0.2, 0.25) is 0 Å². The fourth-order valence-electron chi connectivity index (χ4n) is 2.49. The Morgan fingerprint density at radius 3 is 2.78 bits per heavy atom. The van der Waals surface area contributed by atoms with Crippen molar-refractivity contribution in [2.45, 2.75) is 19.9 Å². The maximum Gasteiger partial charge on any atom is 0.251 e. The molecular weight excluding hydrogens is 403 g/mol. The number of hydrogen-bond acceptors (Lipinski definition) is 3. The van der Waals surface area contributed by atoms with Crippen molar-refractivity contribution in [3.63, 3.8) is 0 Å². The molecule has 3 rings (SSSR count). The van der Waals surface area contributed by atoms with Gasteiger partial charge in [-0.25, -0.2) is 0 Å². The Hall–Kier alpha value is -1.96. The molecule has 0 bridgehead atoms. The second-order valence-corrected chi connectivity index (χ2v) is 6.75. The summed E-state index contributed by atoms with van der Waals surface area (Å²) in [6, 6.07) is 11.2. The Labute approximate surface area is 148 Å². The van der Waals surface area contributed by atoms with Gasteiger partial charge in [0.05, 0.1) is 17.3 Å². The number of amides is 1. The van der Waals surface area contributed by atoms with Gasteiger partial charge in [0, 0.05) is 17.1 Å². The lowest BCUT2D eigenvalue weighted by atomic mass is 9.99. The van der Waals surface area contributed by atoms with Crippen LogP contribution in [0.15, 0.2) is 42.6 Å². The number of hydrogen-bond donors (Lipinski definition) is 2. The van der Waals surface area contributed by atoms with E-state index in [1.165, 1.54) is 0 Å².